The molecule has 0 aliphatic heterocycles. The molecule has 0 aliphatic rings. The van der Waals surface area contributed by atoms with Gasteiger partial charge in [0.15, 0.2) is 0 Å². The number of nitrogens with zero attached hydrogens (tertiary/aromatic N) is 2. The van der Waals surface area contributed by atoms with Gasteiger partial charge in [0.25, 0.3) is 0 Å². The molecular weight excluding hydrogens is 358 g/mol. The van der Waals surface area contributed by atoms with Crippen LogP contribution >= 0.6 is 24.8 Å². The van der Waals surface area contributed by atoms with Crippen molar-refractivity contribution in [3.8, 4) is 11.1 Å². The van der Waals surface area contributed by atoms with Crippen molar-refractivity contribution in [1.82, 2.24) is 9.88 Å². The Labute approximate surface area is 160 Å². The molecule has 1 heterocycles. The van der Waals surface area contributed by atoms with Crippen molar-refractivity contribution in [2.24, 2.45) is 0 Å². The molecule has 3 aromatic rings. The van der Waals surface area contributed by atoms with Gasteiger partial charge in [0.05, 0.1) is 5.52 Å². The van der Waals surface area contributed by atoms with E-state index in [2.05, 4.69) is 48.2 Å². The monoisotopic (exact) mass is 380 g/mol. The predicted octanol–water partition coefficient (Wildman–Crippen LogP) is 5.38. The standard InChI is InChI=1S/C20H21FN2.2ClH/c1-23(2)10-4-5-15-8-9-17-12-18(14-22-20(17)11-15)16-6-3-7-19(21)13-16;;/h3,6-9,11-14H,4-5,10H2,1-2H3;2*1H. The van der Waals surface area contributed by atoms with E-state index in [1.807, 2.05) is 12.3 Å². The Kier molecular flexibility index (Phi) is 8.30. The van der Waals surface area contributed by atoms with E-state index in [4.69, 9.17) is 0 Å². The third-order valence-corrected chi connectivity index (χ3v) is 3.98. The first-order valence-corrected chi connectivity index (χ1v) is 7.91. The van der Waals surface area contributed by atoms with Crippen LogP contribution in [0, 0.1) is 5.82 Å². The smallest absolute Gasteiger partial charge is 0.123 e. The van der Waals surface area contributed by atoms with Crippen molar-refractivity contribution in [2.45, 2.75) is 12.8 Å². The van der Waals surface area contributed by atoms with Crippen LogP contribution in [0.15, 0.2) is 54.7 Å². The van der Waals surface area contributed by atoms with Gasteiger partial charge in [0.2, 0.25) is 0 Å². The molecule has 0 atom stereocenters. The molecule has 1 aromatic heterocycles. The molecule has 134 valence electrons. The molecule has 0 aliphatic carbocycles. The number of aromatic nitrogens is 1. The zero-order chi connectivity index (χ0) is 16.2. The van der Waals surface area contributed by atoms with Gasteiger partial charge in [-0.1, -0.05) is 24.3 Å². The van der Waals surface area contributed by atoms with E-state index in [0.717, 1.165) is 41.4 Å². The van der Waals surface area contributed by atoms with E-state index in [1.165, 1.54) is 11.6 Å². The third kappa shape index (κ3) is 5.67. The first-order valence-electron chi connectivity index (χ1n) is 7.91. The van der Waals surface area contributed by atoms with Gasteiger partial charge in [-0.15, -0.1) is 24.8 Å². The fourth-order valence-electron chi connectivity index (χ4n) is 2.75. The summed E-state index contributed by atoms with van der Waals surface area (Å²) < 4.78 is 13.4. The van der Waals surface area contributed by atoms with Crippen molar-refractivity contribution in [3.63, 3.8) is 0 Å². The lowest BCUT2D eigenvalue weighted by Gasteiger charge is -2.09. The number of benzene rings is 2. The highest BCUT2D eigenvalue weighted by Gasteiger charge is 2.04. The van der Waals surface area contributed by atoms with Gasteiger partial charge in [-0.25, -0.2) is 4.39 Å². The number of hydrogen-bond acceptors (Lipinski definition) is 2. The summed E-state index contributed by atoms with van der Waals surface area (Å²) in [6.45, 7) is 1.09. The largest absolute Gasteiger partial charge is 0.309 e. The first kappa shape index (κ1) is 21.4. The second kappa shape index (κ2) is 9.71. The van der Waals surface area contributed by atoms with E-state index >= 15 is 0 Å². The van der Waals surface area contributed by atoms with Crippen LogP contribution < -0.4 is 0 Å². The molecule has 0 fully saturated rings. The minimum absolute atomic E-state index is 0. The molecule has 25 heavy (non-hydrogen) atoms. The Bertz CT molecular complexity index is 822. The van der Waals surface area contributed by atoms with Crippen molar-refractivity contribution in [2.75, 3.05) is 20.6 Å². The SMILES string of the molecule is CN(C)CCCc1ccc2cc(-c3cccc(F)c3)cnc2c1.Cl.Cl. The first-order chi connectivity index (χ1) is 11.1. The van der Waals surface area contributed by atoms with E-state index in [0.29, 0.717) is 0 Å². The van der Waals surface area contributed by atoms with Gasteiger partial charge in [0, 0.05) is 17.1 Å². The molecule has 2 nitrogen and oxygen atoms in total. The molecular formula is C20H23Cl2FN2. The molecule has 2 aromatic carbocycles. The molecule has 5 heteroatoms. The molecule has 0 unspecified atom stereocenters. The number of rotatable bonds is 5. The van der Waals surface area contributed by atoms with E-state index in [9.17, 15) is 4.39 Å². The Balaban J connectivity index is 0.00000156. The molecule has 0 saturated heterocycles. The Morgan fingerprint density at radius 2 is 1.76 bits per heavy atom. The number of halogens is 3. The zero-order valence-electron chi connectivity index (χ0n) is 14.4. The minimum Gasteiger partial charge on any atom is -0.309 e. The maximum atomic E-state index is 13.4. The average Bonchev–Trinajstić information content (AvgIpc) is 2.54. The Hall–Kier alpha value is -1.68. The summed E-state index contributed by atoms with van der Waals surface area (Å²) >= 11 is 0. The highest BCUT2D eigenvalue weighted by molar-refractivity contribution is 5.86. The van der Waals surface area contributed by atoms with Gasteiger partial charge in [-0.2, -0.15) is 0 Å². The van der Waals surface area contributed by atoms with Crippen molar-refractivity contribution in [3.05, 3.63) is 66.1 Å². The van der Waals surface area contributed by atoms with Crippen molar-refractivity contribution >= 4 is 35.7 Å². The molecule has 0 spiro atoms. The van der Waals surface area contributed by atoms with Gasteiger partial charge >= 0.3 is 0 Å². The molecule has 0 saturated carbocycles. The van der Waals surface area contributed by atoms with Crippen LogP contribution in [0.4, 0.5) is 4.39 Å². The molecule has 0 amide bonds. The number of aryl methyl sites for hydroxylation is 1. The van der Waals surface area contributed by atoms with Crippen LogP contribution in [0.3, 0.4) is 0 Å². The molecule has 0 N–H and O–H groups in total. The summed E-state index contributed by atoms with van der Waals surface area (Å²) in [4.78, 5) is 6.76. The van der Waals surface area contributed by atoms with Crippen LogP contribution in [-0.2, 0) is 6.42 Å². The normalized spacial score (nSPS) is 10.4. The molecule has 0 radical (unpaired) electrons. The maximum Gasteiger partial charge on any atom is 0.123 e. The van der Waals surface area contributed by atoms with E-state index in [1.54, 1.807) is 12.1 Å². The van der Waals surface area contributed by atoms with Gasteiger partial charge in [-0.05, 0) is 68.9 Å². The lowest BCUT2D eigenvalue weighted by atomic mass is 10.0. The topological polar surface area (TPSA) is 16.1 Å². The van der Waals surface area contributed by atoms with Gasteiger partial charge in [-0.3, -0.25) is 4.98 Å². The summed E-state index contributed by atoms with van der Waals surface area (Å²) in [5.74, 6) is -0.223. The Morgan fingerprint density at radius 3 is 2.48 bits per heavy atom. The minimum atomic E-state index is -0.223. The maximum absolute atomic E-state index is 13.4. The zero-order valence-corrected chi connectivity index (χ0v) is 16.0. The van der Waals surface area contributed by atoms with Crippen LogP contribution in [-0.4, -0.2) is 30.5 Å². The summed E-state index contributed by atoms with van der Waals surface area (Å²) in [6, 6.07) is 15.1. The number of pyridine rings is 1. The summed E-state index contributed by atoms with van der Waals surface area (Å²) in [7, 11) is 4.19. The van der Waals surface area contributed by atoms with E-state index in [-0.39, 0.29) is 30.6 Å². The number of fused-ring (bicyclic) bond motifs is 1. The highest BCUT2D eigenvalue weighted by atomic mass is 35.5. The lowest BCUT2D eigenvalue weighted by Crippen LogP contribution is -2.13. The Morgan fingerprint density at radius 1 is 0.960 bits per heavy atom. The van der Waals surface area contributed by atoms with Gasteiger partial charge < -0.3 is 4.90 Å². The number of hydrogen-bond donors (Lipinski definition) is 0. The fraction of sp³-hybridized carbons (Fsp3) is 0.250. The lowest BCUT2D eigenvalue weighted by molar-refractivity contribution is 0.400. The van der Waals surface area contributed by atoms with Crippen LogP contribution in [0.5, 0.6) is 0 Å². The average molecular weight is 381 g/mol. The third-order valence-electron chi connectivity index (χ3n) is 3.98. The van der Waals surface area contributed by atoms with E-state index < -0.39 is 0 Å². The molecule has 0 bridgehead atoms. The van der Waals surface area contributed by atoms with Crippen LogP contribution in [0.25, 0.3) is 22.0 Å². The fourth-order valence-corrected chi connectivity index (χ4v) is 2.75. The highest BCUT2D eigenvalue weighted by Crippen LogP contribution is 2.24. The van der Waals surface area contributed by atoms with Crippen LogP contribution in [0.2, 0.25) is 0 Å². The van der Waals surface area contributed by atoms with Gasteiger partial charge in [0.1, 0.15) is 5.82 Å². The molecule has 3 rings (SSSR count). The second-order valence-electron chi connectivity index (χ2n) is 6.17. The van der Waals surface area contributed by atoms with Crippen molar-refractivity contribution < 1.29 is 4.39 Å². The summed E-state index contributed by atoms with van der Waals surface area (Å²) in [5.41, 5.74) is 4.10. The summed E-state index contributed by atoms with van der Waals surface area (Å²) in [6.07, 6.45) is 4.02. The second-order valence-corrected chi connectivity index (χ2v) is 6.17. The van der Waals surface area contributed by atoms with Crippen LogP contribution in [0.1, 0.15) is 12.0 Å². The van der Waals surface area contributed by atoms with Crippen molar-refractivity contribution in [1.29, 1.82) is 0 Å². The quantitative estimate of drug-likeness (QED) is 0.590. The predicted molar refractivity (Wildman–Crippen MR) is 109 cm³/mol. The summed E-state index contributed by atoms with van der Waals surface area (Å²) in [5, 5.41) is 1.09.